The van der Waals surface area contributed by atoms with Gasteiger partial charge in [0.2, 0.25) is 10.0 Å². The fourth-order valence-electron chi connectivity index (χ4n) is 4.06. The molecule has 0 saturated carbocycles. The fourth-order valence-corrected chi connectivity index (χ4v) is 6.52. The van der Waals surface area contributed by atoms with Crippen LogP contribution >= 0.6 is 11.3 Å². The van der Waals surface area contributed by atoms with Crippen LogP contribution in [0.25, 0.3) is 22.4 Å². The summed E-state index contributed by atoms with van der Waals surface area (Å²) in [7, 11) is -3.67. The molecule has 0 aliphatic heterocycles. The largest absolute Gasteiger partial charge is 0.490 e. The van der Waals surface area contributed by atoms with Crippen LogP contribution in [0.5, 0.6) is 5.75 Å². The Bertz CT molecular complexity index is 1500. The van der Waals surface area contributed by atoms with Crippen LogP contribution in [0.15, 0.2) is 63.2 Å². The van der Waals surface area contributed by atoms with Gasteiger partial charge < -0.3 is 9.15 Å². The summed E-state index contributed by atoms with van der Waals surface area (Å²) in [5, 5.41) is 5.91. The second-order valence-electron chi connectivity index (χ2n) is 9.84. The Morgan fingerprint density at radius 1 is 1.08 bits per heavy atom. The zero-order chi connectivity index (χ0) is 27.4. The van der Waals surface area contributed by atoms with Gasteiger partial charge in [-0.15, -0.1) is 11.3 Å². The molecular weight excluding hydrogens is 522 g/mol. The molecule has 2 heterocycles. The Kier molecular flexibility index (Phi) is 8.54. The summed E-state index contributed by atoms with van der Waals surface area (Å²) < 4.78 is 39.6. The number of amides is 1. The highest BCUT2D eigenvalue weighted by molar-refractivity contribution is 7.89. The van der Waals surface area contributed by atoms with Gasteiger partial charge in [-0.2, -0.15) is 4.31 Å². The molecule has 38 heavy (non-hydrogen) atoms. The summed E-state index contributed by atoms with van der Waals surface area (Å²) in [6.07, 6.45) is 0. The number of sulfonamides is 1. The lowest BCUT2D eigenvalue weighted by atomic mass is 10.2. The first-order chi connectivity index (χ1) is 18.1. The third-order valence-corrected chi connectivity index (χ3v) is 8.28. The van der Waals surface area contributed by atoms with E-state index in [2.05, 4.69) is 10.3 Å². The highest BCUT2D eigenvalue weighted by atomic mass is 32.2. The minimum Gasteiger partial charge on any atom is -0.490 e. The maximum atomic E-state index is 13.2. The van der Waals surface area contributed by atoms with Crippen molar-refractivity contribution in [1.82, 2.24) is 9.29 Å². The van der Waals surface area contributed by atoms with E-state index in [0.717, 1.165) is 5.39 Å². The number of rotatable bonds is 11. The minimum absolute atomic E-state index is 0.170. The van der Waals surface area contributed by atoms with Gasteiger partial charge in [0.05, 0.1) is 11.5 Å². The lowest BCUT2D eigenvalue weighted by Crippen LogP contribution is -2.37. The summed E-state index contributed by atoms with van der Waals surface area (Å²) in [5.74, 6) is 1.26. The predicted octanol–water partition coefficient (Wildman–Crippen LogP) is 6.51. The fraction of sp³-hybridized carbons (Fsp3) is 0.357. The van der Waals surface area contributed by atoms with E-state index < -0.39 is 10.0 Å². The molecule has 202 valence electrons. The van der Waals surface area contributed by atoms with Crippen molar-refractivity contribution in [1.29, 1.82) is 0 Å². The highest BCUT2D eigenvalue weighted by Gasteiger charge is 2.26. The Labute approximate surface area is 227 Å². The summed E-state index contributed by atoms with van der Waals surface area (Å²) >= 11 is 1.28. The molecule has 0 bridgehead atoms. The first kappa shape index (κ1) is 27.8. The van der Waals surface area contributed by atoms with Crippen molar-refractivity contribution in [3.8, 4) is 17.2 Å². The van der Waals surface area contributed by atoms with Gasteiger partial charge in [-0.3, -0.25) is 10.1 Å². The van der Waals surface area contributed by atoms with Crippen molar-refractivity contribution in [2.45, 2.75) is 39.5 Å². The summed E-state index contributed by atoms with van der Waals surface area (Å²) in [5.41, 5.74) is 1.59. The number of thiazole rings is 1. The van der Waals surface area contributed by atoms with Crippen LogP contribution in [0.4, 0.5) is 5.13 Å². The standard InChI is InChI=1S/C28H33N3O5S2/c1-6-35-24-9-7-8-21-14-25(36-26(21)24)23-17-37-28(29-23)30-27(32)20-10-12-22(13-11-20)38(33,34)31(15-18(2)3)16-19(4)5/h7-14,17-19H,6,15-16H2,1-5H3,(H,29,30,32). The molecule has 0 fully saturated rings. The number of fused-ring (bicyclic) bond motifs is 1. The number of hydrogen-bond acceptors (Lipinski definition) is 7. The van der Waals surface area contributed by atoms with Gasteiger partial charge in [0, 0.05) is 29.4 Å². The minimum atomic E-state index is -3.67. The van der Waals surface area contributed by atoms with Gasteiger partial charge in [-0.25, -0.2) is 13.4 Å². The number of anilines is 1. The van der Waals surface area contributed by atoms with E-state index in [1.54, 1.807) is 5.38 Å². The normalized spacial score (nSPS) is 12.1. The molecule has 10 heteroatoms. The summed E-state index contributed by atoms with van der Waals surface area (Å²) in [6, 6.07) is 13.6. The van der Waals surface area contributed by atoms with Crippen molar-refractivity contribution in [3.05, 3.63) is 59.5 Å². The summed E-state index contributed by atoms with van der Waals surface area (Å²) in [4.78, 5) is 17.5. The van der Waals surface area contributed by atoms with Crippen LogP contribution in [0.3, 0.4) is 0 Å². The van der Waals surface area contributed by atoms with E-state index in [-0.39, 0.29) is 22.6 Å². The molecule has 0 aliphatic rings. The number of hydrogen-bond donors (Lipinski definition) is 1. The van der Waals surface area contributed by atoms with Crippen molar-refractivity contribution in [2.75, 3.05) is 25.0 Å². The van der Waals surface area contributed by atoms with Gasteiger partial charge in [-0.1, -0.05) is 39.8 Å². The number of aromatic nitrogens is 1. The molecule has 0 saturated heterocycles. The molecule has 8 nitrogen and oxygen atoms in total. The molecule has 0 radical (unpaired) electrons. The zero-order valence-corrected chi connectivity index (χ0v) is 23.9. The van der Waals surface area contributed by atoms with Gasteiger partial charge in [0.15, 0.2) is 22.2 Å². The topological polar surface area (TPSA) is 102 Å². The average Bonchev–Trinajstić information content (AvgIpc) is 3.51. The lowest BCUT2D eigenvalue weighted by Gasteiger charge is -2.25. The Hall–Kier alpha value is -3.21. The quantitative estimate of drug-likeness (QED) is 0.226. The second-order valence-corrected chi connectivity index (χ2v) is 12.6. The van der Waals surface area contributed by atoms with E-state index in [1.165, 1.54) is 39.9 Å². The van der Waals surface area contributed by atoms with Crippen LogP contribution in [0, 0.1) is 11.8 Å². The van der Waals surface area contributed by atoms with E-state index in [1.807, 2.05) is 58.9 Å². The van der Waals surface area contributed by atoms with Crippen molar-refractivity contribution in [3.63, 3.8) is 0 Å². The van der Waals surface area contributed by atoms with Crippen LogP contribution in [0.2, 0.25) is 0 Å². The second kappa shape index (κ2) is 11.7. The Morgan fingerprint density at radius 2 is 1.76 bits per heavy atom. The van der Waals surface area contributed by atoms with Gasteiger partial charge >= 0.3 is 0 Å². The summed E-state index contributed by atoms with van der Waals surface area (Å²) in [6.45, 7) is 11.3. The number of carbonyl (C=O) groups excluding carboxylic acids is 1. The number of carbonyl (C=O) groups is 1. The average molecular weight is 556 g/mol. The first-order valence-electron chi connectivity index (χ1n) is 12.6. The predicted molar refractivity (Wildman–Crippen MR) is 151 cm³/mol. The number of ether oxygens (including phenoxy) is 1. The monoisotopic (exact) mass is 555 g/mol. The SMILES string of the molecule is CCOc1cccc2cc(-c3csc(NC(=O)c4ccc(S(=O)(=O)N(CC(C)C)CC(C)C)cc4)n3)oc12. The van der Waals surface area contributed by atoms with Crippen LogP contribution in [-0.2, 0) is 10.0 Å². The molecule has 0 spiro atoms. The number of para-hydroxylation sites is 1. The molecular formula is C28H33N3O5S2. The van der Waals surface area contributed by atoms with E-state index in [9.17, 15) is 13.2 Å². The number of nitrogens with one attached hydrogen (secondary N) is 1. The Balaban J connectivity index is 1.48. The smallest absolute Gasteiger partial charge is 0.257 e. The van der Waals surface area contributed by atoms with Crippen molar-refractivity contribution < 1.29 is 22.4 Å². The maximum Gasteiger partial charge on any atom is 0.257 e. The number of nitrogens with zero attached hydrogens (tertiary/aromatic N) is 2. The molecule has 4 aromatic rings. The molecule has 0 unspecified atom stereocenters. The van der Waals surface area contributed by atoms with E-state index in [0.29, 0.717) is 53.2 Å². The molecule has 1 amide bonds. The van der Waals surface area contributed by atoms with Crippen molar-refractivity contribution in [2.24, 2.45) is 11.8 Å². The molecule has 1 N–H and O–H groups in total. The van der Waals surface area contributed by atoms with Crippen LogP contribution < -0.4 is 10.1 Å². The highest BCUT2D eigenvalue weighted by Crippen LogP contribution is 2.34. The van der Waals surface area contributed by atoms with Gasteiger partial charge in [-0.05, 0) is 55.2 Å². The van der Waals surface area contributed by atoms with Crippen LogP contribution in [0.1, 0.15) is 45.0 Å². The molecule has 2 aromatic heterocycles. The van der Waals surface area contributed by atoms with Gasteiger partial charge in [0.1, 0.15) is 5.69 Å². The van der Waals surface area contributed by atoms with E-state index in [4.69, 9.17) is 9.15 Å². The van der Waals surface area contributed by atoms with Crippen LogP contribution in [-0.4, -0.2) is 43.3 Å². The number of benzene rings is 2. The lowest BCUT2D eigenvalue weighted by molar-refractivity contribution is 0.102. The Morgan fingerprint density at radius 3 is 2.39 bits per heavy atom. The van der Waals surface area contributed by atoms with E-state index >= 15 is 0 Å². The maximum absolute atomic E-state index is 13.2. The third kappa shape index (κ3) is 6.25. The first-order valence-corrected chi connectivity index (χ1v) is 14.9. The molecule has 0 aliphatic carbocycles. The third-order valence-electron chi connectivity index (χ3n) is 5.68. The molecule has 0 atom stereocenters. The number of furan rings is 1. The molecule has 2 aromatic carbocycles. The molecule has 4 rings (SSSR count). The van der Waals surface area contributed by atoms with Crippen molar-refractivity contribution >= 4 is 43.4 Å². The van der Waals surface area contributed by atoms with Gasteiger partial charge in [0.25, 0.3) is 5.91 Å². The zero-order valence-electron chi connectivity index (χ0n) is 22.2.